The zero-order valence-electron chi connectivity index (χ0n) is 10.3. The average Bonchev–Trinajstić information content (AvgIpc) is 2.90. The number of benzene rings is 2. The van der Waals surface area contributed by atoms with Gasteiger partial charge in [-0.2, -0.15) is 0 Å². The van der Waals surface area contributed by atoms with Crippen molar-refractivity contribution >= 4 is 16.8 Å². The molecule has 0 amide bonds. The van der Waals surface area contributed by atoms with Crippen LogP contribution in [0.25, 0.3) is 11.0 Å². The molecule has 0 radical (unpaired) electrons. The van der Waals surface area contributed by atoms with Crippen LogP contribution in [-0.4, -0.2) is 18.0 Å². The van der Waals surface area contributed by atoms with Gasteiger partial charge in [-0.15, -0.1) is 0 Å². The van der Waals surface area contributed by atoms with Gasteiger partial charge in [-0.05, 0) is 36.4 Å². The molecule has 19 heavy (non-hydrogen) atoms. The van der Waals surface area contributed by atoms with Crippen LogP contribution in [-0.2, 0) is 0 Å². The first-order chi connectivity index (χ1) is 9.29. The predicted octanol–water partition coefficient (Wildman–Crippen LogP) is 3.07. The molecule has 3 rings (SSSR count). The number of carbonyl (C=O) groups is 1. The van der Waals surface area contributed by atoms with Gasteiger partial charge in [-0.1, -0.05) is 17.3 Å². The predicted molar refractivity (Wildman–Crippen MR) is 70.4 cm³/mol. The lowest BCUT2D eigenvalue weighted by atomic mass is 10.1. The molecule has 4 nitrogen and oxygen atoms in total. The molecule has 0 unspecified atom stereocenters. The Bertz CT molecular complexity index is 728. The Kier molecular flexibility index (Phi) is 2.76. The summed E-state index contributed by atoms with van der Waals surface area (Å²) in [5, 5.41) is 4.58. The van der Waals surface area contributed by atoms with Crippen molar-refractivity contribution in [2.75, 3.05) is 7.11 Å². The van der Waals surface area contributed by atoms with E-state index in [0.717, 1.165) is 5.39 Å². The van der Waals surface area contributed by atoms with E-state index in [-0.39, 0.29) is 5.78 Å². The molecule has 2 aromatic carbocycles. The number of carbonyl (C=O) groups excluding carboxylic acids is 1. The highest BCUT2D eigenvalue weighted by Crippen LogP contribution is 2.21. The summed E-state index contributed by atoms with van der Waals surface area (Å²) >= 11 is 0. The van der Waals surface area contributed by atoms with Gasteiger partial charge >= 0.3 is 0 Å². The van der Waals surface area contributed by atoms with Crippen LogP contribution in [0.4, 0.5) is 0 Å². The first-order valence-corrected chi connectivity index (χ1v) is 5.83. The molecule has 1 aromatic heterocycles. The lowest BCUT2D eigenvalue weighted by molar-refractivity contribution is 0.103. The van der Waals surface area contributed by atoms with E-state index in [9.17, 15) is 4.79 Å². The average molecular weight is 253 g/mol. The second-order valence-electron chi connectivity index (χ2n) is 4.08. The van der Waals surface area contributed by atoms with Gasteiger partial charge in [0.25, 0.3) is 0 Å². The van der Waals surface area contributed by atoms with E-state index in [1.54, 1.807) is 37.4 Å². The SMILES string of the molecule is COc1ccc(C(=O)c2noc3ccccc23)cc1. The van der Waals surface area contributed by atoms with Crippen molar-refractivity contribution in [3.63, 3.8) is 0 Å². The van der Waals surface area contributed by atoms with E-state index in [2.05, 4.69) is 5.16 Å². The summed E-state index contributed by atoms with van der Waals surface area (Å²) in [7, 11) is 1.59. The Hall–Kier alpha value is -2.62. The number of hydrogen-bond donors (Lipinski definition) is 0. The van der Waals surface area contributed by atoms with Crippen molar-refractivity contribution in [1.82, 2.24) is 5.16 Å². The highest BCUT2D eigenvalue weighted by molar-refractivity contribution is 6.14. The van der Waals surface area contributed by atoms with Crippen LogP contribution in [0.1, 0.15) is 16.1 Å². The van der Waals surface area contributed by atoms with Gasteiger partial charge in [-0.25, -0.2) is 0 Å². The topological polar surface area (TPSA) is 52.3 Å². The Balaban J connectivity index is 2.03. The summed E-state index contributed by atoms with van der Waals surface area (Å²) in [4.78, 5) is 12.4. The highest BCUT2D eigenvalue weighted by Gasteiger charge is 2.17. The summed E-state index contributed by atoms with van der Waals surface area (Å²) in [5.41, 5.74) is 1.50. The molecule has 4 heteroatoms. The van der Waals surface area contributed by atoms with E-state index in [4.69, 9.17) is 9.26 Å². The summed E-state index contributed by atoms with van der Waals surface area (Å²) in [6.45, 7) is 0. The van der Waals surface area contributed by atoms with Crippen molar-refractivity contribution in [1.29, 1.82) is 0 Å². The molecule has 0 atom stereocenters. The lowest BCUT2D eigenvalue weighted by Gasteiger charge is -2.01. The maximum Gasteiger partial charge on any atom is 0.215 e. The molecule has 94 valence electrons. The third kappa shape index (κ3) is 1.97. The normalized spacial score (nSPS) is 10.6. The number of rotatable bonds is 3. The first-order valence-electron chi connectivity index (χ1n) is 5.83. The van der Waals surface area contributed by atoms with Crippen molar-refractivity contribution < 1.29 is 14.1 Å². The summed E-state index contributed by atoms with van der Waals surface area (Å²) in [5.74, 6) is 0.550. The van der Waals surface area contributed by atoms with Crippen molar-refractivity contribution in [2.45, 2.75) is 0 Å². The number of fused-ring (bicyclic) bond motifs is 1. The number of ketones is 1. The van der Waals surface area contributed by atoms with Crippen LogP contribution < -0.4 is 4.74 Å². The zero-order valence-corrected chi connectivity index (χ0v) is 10.3. The molecule has 0 aliphatic rings. The van der Waals surface area contributed by atoms with Crippen LogP contribution >= 0.6 is 0 Å². The Morgan fingerprint density at radius 1 is 1.11 bits per heavy atom. The van der Waals surface area contributed by atoms with E-state index in [1.165, 1.54) is 0 Å². The van der Waals surface area contributed by atoms with Crippen LogP contribution in [0.5, 0.6) is 5.75 Å². The third-order valence-corrected chi connectivity index (χ3v) is 2.94. The Morgan fingerprint density at radius 3 is 2.58 bits per heavy atom. The summed E-state index contributed by atoms with van der Waals surface area (Å²) < 4.78 is 10.2. The fourth-order valence-corrected chi connectivity index (χ4v) is 1.93. The van der Waals surface area contributed by atoms with Crippen molar-refractivity contribution in [3.8, 4) is 5.75 Å². The van der Waals surface area contributed by atoms with Crippen LogP contribution in [0, 0.1) is 0 Å². The van der Waals surface area contributed by atoms with E-state index < -0.39 is 0 Å². The highest BCUT2D eigenvalue weighted by atomic mass is 16.5. The lowest BCUT2D eigenvalue weighted by Crippen LogP contribution is -2.02. The molecule has 3 aromatic rings. The first kappa shape index (κ1) is 11.5. The summed E-state index contributed by atoms with van der Waals surface area (Å²) in [6, 6.07) is 14.2. The molecule has 0 saturated heterocycles. The van der Waals surface area contributed by atoms with Crippen LogP contribution in [0.15, 0.2) is 53.1 Å². The van der Waals surface area contributed by atoms with Gasteiger partial charge in [0.1, 0.15) is 5.75 Å². The largest absolute Gasteiger partial charge is 0.497 e. The fourth-order valence-electron chi connectivity index (χ4n) is 1.93. The zero-order chi connectivity index (χ0) is 13.2. The molecule has 1 heterocycles. The van der Waals surface area contributed by atoms with Crippen molar-refractivity contribution in [3.05, 3.63) is 59.8 Å². The second kappa shape index (κ2) is 4.57. The van der Waals surface area contributed by atoms with Gasteiger partial charge in [0, 0.05) is 5.56 Å². The minimum atomic E-state index is -0.160. The maximum absolute atomic E-state index is 12.4. The molecule has 0 N–H and O–H groups in total. The number of ether oxygens (including phenoxy) is 1. The second-order valence-corrected chi connectivity index (χ2v) is 4.08. The van der Waals surface area contributed by atoms with E-state index in [0.29, 0.717) is 22.6 Å². The molecule has 0 fully saturated rings. The maximum atomic E-state index is 12.4. The molecule has 0 spiro atoms. The van der Waals surface area contributed by atoms with Gasteiger partial charge in [0.2, 0.25) is 5.78 Å². The third-order valence-electron chi connectivity index (χ3n) is 2.94. The quantitative estimate of drug-likeness (QED) is 0.673. The molecule has 0 aliphatic carbocycles. The summed E-state index contributed by atoms with van der Waals surface area (Å²) in [6.07, 6.45) is 0. The van der Waals surface area contributed by atoms with E-state index >= 15 is 0 Å². The molecule has 0 aliphatic heterocycles. The Morgan fingerprint density at radius 2 is 1.84 bits per heavy atom. The minimum Gasteiger partial charge on any atom is -0.497 e. The van der Waals surface area contributed by atoms with Gasteiger partial charge in [0.05, 0.1) is 12.5 Å². The van der Waals surface area contributed by atoms with Gasteiger partial charge < -0.3 is 9.26 Å². The number of nitrogens with zero attached hydrogens (tertiary/aromatic N) is 1. The van der Waals surface area contributed by atoms with Gasteiger partial charge in [0.15, 0.2) is 11.3 Å². The van der Waals surface area contributed by atoms with Crippen molar-refractivity contribution in [2.24, 2.45) is 0 Å². The molecular weight excluding hydrogens is 242 g/mol. The Labute approximate surface area is 109 Å². The number of aromatic nitrogens is 1. The standard InChI is InChI=1S/C15H11NO3/c1-18-11-8-6-10(7-9-11)15(17)14-12-4-2-3-5-13(12)19-16-14/h2-9H,1H3. The smallest absolute Gasteiger partial charge is 0.215 e. The van der Waals surface area contributed by atoms with E-state index in [1.807, 2.05) is 18.2 Å². The molecule has 0 saturated carbocycles. The van der Waals surface area contributed by atoms with Gasteiger partial charge in [-0.3, -0.25) is 4.79 Å². The minimum absolute atomic E-state index is 0.160. The number of hydrogen-bond acceptors (Lipinski definition) is 4. The van der Waals surface area contributed by atoms with Crippen LogP contribution in [0.3, 0.4) is 0 Å². The number of methoxy groups -OCH3 is 1. The monoisotopic (exact) mass is 253 g/mol. The van der Waals surface area contributed by atoms with Crippen LogP contribution in [0.2, 0.25) is 0 Å². The number of para-hydroxylation sites is 1. The molecular formula is C15H11NO3. The fraction of sp³-hybridized carbons (Fsp3) is 0.0667. The molecule has 0 bridgehead atoms.